The molecule has 132 valence electrons. The highest BCUT2D eigenvalue weighted by Gasteiger charge is 2.13. The van der Waals surface area contributed by atoms with E-state index in [2.05, 4.69) is 10.5 Å². The van der Waals surface area contributed by atoms with Gasteiger partial charge in [-0.05, 0) is 24.3 Å². The summed E-state index contributed by atoms with van der Waals surface area (Å²) in [4.78, 5) is 12.2. The second-order valence-corrected chi connectivity index (χ2v) is 4.86. The zero-order chi connectivity index (χ0) is 18.2. The molecule has 7 nitrogen and oxygen atoms in total. The number of para-hydroxylation sites is 1. The number of amides is 1. The summed E-state index contributed by atoms with van der Waals surface area (Å²) in [7, 11) is 6.09. The third kappa shape index (κ3) is 4.20. The predicted octanol–water partition coefficient (Wildman–Crippen LogP) is 2.48. The number of carbonyl (C=O) groups is 1. The van der Waals surface area contributed by atoms with Crippen molar-refractivity contribution in [3.8, 4) is 23.0 Å². The first-order chi connectivity index (χ1) is 12.1. The molecule has 0 unspecified atom stereocenters. The van der Waals surface area contributed by atoms with Gasteiger partial charge in [-0.1, -0.05) is 12.1 Å². The third-order valence-corrected chi connectivity index (χ3v) is 3.42. The summed E-state index contributed by atoms with van der Waals surface area (Å²) < 4.78 is 21.0. The number of methoxy groups -OCH3 is 4. The molecular formula is C18H20N2O5. The molecule has 0 aliphatic heterocycles. The summed E-state index contributed by atoms with van der Waals surface area (Å²) in [5, 5.41) is 3.97. The van der Waals surface area contributed by atoms with Gasteiger partial charge in [-0.25, -0.2) is 5.43 Å². The van der Waals surface area contributed by atoms with Crippen molar-refractivity contribution in [3.63, 3.8) is 0 Å². The summed E-state index contributed by atoms with van der Waals surface area (Å²) >= 11 is 0. The summed E-state index contributed by atoms with van der Waals surface area (Å²) in [5.41, 5.74) is 3.53. The lowest BCUT2D eigenvalue weighted by Crippen LogP contribution is -2.18. The molecule has 0 aliphatic rings. The van der Waals surface area contributed by atoms with Gasteiger partial charge in [-0.2, -0.15) is 5.10 Å². The lowest BCUT2D eigenvalue weighted by Gasteiger charge is -2.12. The van der Waals surface area contributed by atoms with Crippen LogP contribution in [-0.4, -0.2) is 40.6 Å². The summed E-state index contributed by atoms with van der Waals surface area (Å²) in [6.07, 6.45) is 1.48. The summed E-state index contributed by atoms with van der Waals surface area (Å²) in [6, 6.07) is 10.3. The second-order valence-electron chi connectivity index (χ2n) is 4.86. The Balaban J connectivity index is 2.18. The van der Waals surface area contributed by atoms with Gasteiger partial charge in [-0.3, -0.25) is 4.79 Å². The maximum absolute atomic E-state index is 12.2. The van der Waals surface area contributed by atoms with Crippen molar-refractivity contribution in [1.29, 1.82) is 0 Å². The number of hydrazone groups is 1. The first-order valence-electron chi connectivity index (χ1n) is 7.41. The van der Waals surface area contributed by atoms with Crippen LogP contribution < -0.4 is 24.4 Å². The lowest BCUT2D eigenvalue weighted by molar-refractivity contribution is 0.0952. The van der Waals surface area contributed by atoms with Crippen LogP contribution in [0.25, 0.3) is 0 Å². The average molecular weight is 344 g/mol. The van der Waals surface area contributed by atoms with Crippen LogP contribution in [0.1, 0.15) is 15.9 Å². The second kappa shape index (κ2) is 8.58. The van der Waals surface area contributed by atoms with Crippen molar-refractivity contribution >= 4 is 12.1 Å². The molecule has 0 aromatic heterocycles. The van der Waals surface area contributed by atoms with Gasteiger partial charge in [0.05, 0.1) is 40.2 Å². The molecule has 0 atom stereocenters. The minimum Gasteiger partial charge on any atom is -0.496 e. The van der Waals surface area contributed by atoms with Gasteiger partial charge in [0, 0.05) is 5.56 Å². The maximum Gasteiger partial charge on any atom is 0.275 e. The van der Waals surface area contributed by atoms with Gasteiger partial charge >= 0.3 is 0 Å². The quantitative estimate of drug-likeness (QED) is 0.617. The highest BCUT2D eigenvalue weighted by atomic mass is 16.5. The lowest BCUT2D eigenvalue weighted by atomic mass is 10.2. The number of nitrogens with one attached hydrogen (secondary N) is 1. The maximum atomic E-state index is 12.2. The van der Waals surface area contributed by atoms with Crippen LogP contribution in [0, 0.1) is 0 Å². The van der Waals surface area contributed by atoms with E-state index in [-0.39, 0.29) is 5.91 Å². The SMILES string of the molecule is COc1ccccc1C(=O)NN=Cc1cc(OC)c(OC)c(OC)c1. The number of rotatable bonds is 7. The van der Waals surface area contributed by atoms with E-state index < -0.39 is 0 Å². The highest BCUT2D eigenvalue weighted by Crippen LogP contribution is 2.37. The van der Waals surface area contributed by atoms with Crippen LogP contribution in [0.4, 0.5) is 0 Å². The zero-order valence-electron chi connectivity index (χ0n) is 14.5. The first-order valence-corrected chi connectivity index (χ1v) is 7.41. The number of benzene rings is 2. The van der Waals surface area contributed by atoms with E-state index in [1.165, 1.54) is 34.7 Å². The Morgan fingerprint density at radius 3 is 2.08 bits per heavy atom. The van der Waals surface area contributed by atoms with E-state index in [0.717, 1.165) is 0 Å². The topological polar surface area (TPSA) is 78.4 Å². The highest BCUT2D eigenvalue weighted by molar-refractivity contribution is 5.97. The van der Waals surface area contributed by atoms with Crippen molar-refractivity contribution in [3.05, 3.63) is 47.5 Å². The van der Waals surface area contributed by atoms with Crippen LogP contribution in [0.5, 0.6) is 23.0 Å². The molecule has 7 heteroatoms. The Morgan fingerprint density at radius 2 is 1.52 bits per heavy atom. The monoisotopic (exact) mass is 344 g/mol. The number of ether oxygens (including phenoxy) is 4. The fourth-order valence-corrected chi connectivity index (χ4v) is 2.23. The molecule has 1 amide bonds. The average Bonchev–Trinajstić information content (AvgIpc) is 2.66. The van der Waals surface area contributed by atoms with E-state index in [4.69, 9.17) is 18.9 Å². The summed E-state index contributed by atoms with van der Waals surface area (Å²) in [6.45, 7) is 0. The van der Waals surface area contributed by atoms with Crippen LogP contribution in [0.15, 0.2) is 41.5 Å². The fourth-order valence-electron chi connectivity index (χ4n) is 2.23. The molecule has 0 fully saturated rings. The Hall–Kier alpha value is -3.22. The molecule has 2 rings (SSSR count). The van der Waals surface area contributed by atoms with E-state index >= 15 is 0 Å². The number of nitrogens with zero attached hydrogens (tertiary/aromatic N) is 1. The van der Waals surface area contributed by atoms with Gasteiger partial charge in [0.2, 0.25) is 5.75 Å². The van der Waals surface area contributed by atoms with Crippen LogP contribution in [-0.2, 0) is 0 Å². The third-order valence-electron chi connectivity index (χ3n) is 3.42. The normalized spacial score (nSPS) is 10.4. The molecule has 0 saturated heterocycles. The molecule has 0 radical (unpaired) electrons. The Labute approximate surface area is 146 Å². The molecule has 0 aliphatic carbocycles. The van der Waals surface area contributed by atoms with E-state index in [1.807, 2.05) is 0 Å². The number of hydrogen-bond donors (Lipinski definition) is 1. The van der Waals surface area contributed by atoms with Gasteiger partial charge in [-0.15, -0.1) is 0 Å². The molecule has 0 heterocycles. The molecule has 0 spiro atoms. The molecule has 2 aromatic rings. The van der Waals surface area contributed by atoms with Gasteiger partial charge in [0.25, 0.3) is 5.91 Å². The minimum atomic E-state index is -0.374. The largest absolute Gasteiger partial charge is 0.496 e. The molecule has 25 heavy (non-hydrogen) atoms. The fraction of sp³-hybridized carbons (Fsp3) is 0.222. The smallest absolute Gasteiger partial charge is 0.275 e. The van der Waals surface area contributed by atoms with Crippen LogP contribution >= 0.6 is 0 Å². The van der Waals surface area contributed by atoms with E-state index in [9.17, 15) is 4.79 Å². The Bertz CT molecular complexity index is 749. The Morgan fingerprint density at radius 1 is 0.920 bits per heavy atom. The molecule has 2 aromatic carbocycles. The van der Waals surface area contributed by atoms with Gasteiger partial charge < -0.3 is 18.9 Å². The van der Waals surface area contributed by atoms with E-state index in [0.29, 0.717) is 34.1 Å². The van der Waals surface area contributed by atoms with Crippen molar-refractivity contribution in [2.45, 2.75) is 0 Å². The summed E-state index contributed by atoms with van der Waals surface area (Å²) in [5.74, 6) is 1.59. The standard InChI is InChI=1S/C18H20N2O5/c1-22-14-8-6-5-7-13(14)18(21)20-19-11-12-9-15(23-2)17(25-4)16(10-12)24-3/h5-11H,1-4H3,(H,20,21). The molecular weight excluding hydrogens is 324 g/mol. The first kappa shape index (κ1) is 18.1. The van der Waals surface area contributed by atoms with Crippen LogP contribution in [0.3, 0.4) is 0 Å². The molecule has 0 saturated carbocycles. The number of hydrogen-bond acceptors (Lipinski definition) is 6. The Kier molecular flexibility index (Phi) is 6.22. The zero-order valence-corrected chi connectivity index (χ0v) is 14.5. The van der Waals surface area contributed by atoms with Crippen LogP contribution in [0.2, 0.25) is 0 Å². The van der Waals surface area contributed by atoms with Crippen molar-refractivity contribution in [2.75, 3.05) is 28.4 Å². The predicted molar refractivity (Wildman–Crippen MR) is 94.2 cm³/mol. The molecule has 0 bridgehead atoms. The van der Waals surface area contributed by atoms with Gasteiger partial charge in [0.15, 0.2) is 11.5 Å². The van der Waals surface area contributed by atoms with Gasteiger partial charge in [0.1, 0.15) is 5.75 Å². The van der Waals surface area contributed by atoms with Crippen molar-refractivity contribution in [1.82, 2.24) is 5.43 Å². The molecule has 1 N–H and O–H groups in total. The van der Waals surface area contributed by atoms with Crippen molar-refractivity contribution in [2.24, 2.45) is 5.10 Å². The number of carbonyl (C=O) groups excluding carboxylic acids is 1. The van der Waals surface area contributed by atoms with Crippen molar-refractivity contribution < 1.29 is 23.7 Å². The minimum absolute atomic E-state index is 0.374. The van der Waals surface area contributed by atoms with E-state index in [1.54, 1.807) is 36.4 Å².